The molecule has 0 spiro atoms. The second-order valence-electron chi connectivity index (χ2n) is 20.0. The minimum Gasteiger partial charge on any atom is -0.466 e. The Morgan fingerprint density at radius 2 is 1.57 bits per heavy atom. The summed E-state index contributed by atoms with van der Waals surface area (Å²) in [5.41, 5.74) is 13.0. The van der Waals surface area contributed by atoms with Crippen LogP contribution >= 0.6 is 0 Å². The van der Waals surface area contributed by atoms with E-state index in [-0.39, 0.29) is 30.8 Å². The van der Waals surface area contributed by atoms with Crippen molar-refractivity contribution in [1.29, 1.82) is 0 Å². The van der Waals surface area contributed by atoms with Gasteiger partial charge in [-0.25, -0.2) is 19.6 Å². The van der Waals surface area contributed by atoms with Gasteiger partial charge in [0, 0.05) is 62.7 Å². The molecule has 3 aromatic rings. The molecule has 3 aliphatic heterocycles. The van der Waals surface area contributed by atoms with Crippen LogP contribution in [0.3, 0.4) is 0 Å². The normalized spacial score (nSPS) is 21.0. The van der Waals surface area contributed by atoms with Crippen molar-refractivity contribution >= 4 is 51.2 Å². The van der Waals surface area contributed by atoms with Gasteiger partial charge in [-0.2, -0.15) is 0 Å². The molecule has 2 N–H and O–H groups in total. The van der Waals surface area contributed by atoms with Crippen LogP contribution in [0.25, 0.3) is 39.3 Å². The van der Waals surface area contributed by atoms with Crippen molar-refractivity contribution in [2.75, 3.05) is 13.7 Å². The van der Waals surface area contributed by atoms with Crippen molar-refractivity contribution in [3.05, 3.63) is 87.0 Å². The van der Waals surface area contributed by atoms with Gasteiger partial charge in [0.25, 0.3) is 5.60 Å². The number of carbonyl (C=O) groups is 2. The number of fused-ring (bicyclic) bond motifs is 11. The summed E-state index contributed by atoms with van der Waals surface area (Å²) in [6.45, 7) is 26.5. The maximum Gasteiger partial charge on any atom is 0.349 e. The Labute approximate surface area is 387 Å². The number of ether oxygens (including phenoxy) is 2. The molecule has 10 heteroatoms. The number of hydrogen-bond donors (Lipinski definition) is 2. The molecule has 3 aromatic heterocycles. The van der Waals surface area contributed by atoms with Crippen molar-refractivity contribution in [3.8, 4) is 0 Å². The van der Waals surface area contributed by atoms with E-state index in [1.807, 2.05) is 19.1 Å². The Morgan fingerprint density at radius 1 is 0.892 bits per heavy atom. The molecule has 4 aliphatic rings. The largest absolute Gasteiger partial charge is 0.466 e. The second kappa shape index (κ2) is 20.4. The van der Waals surface area contributed by atoms with Gasteiger partial charge in [-0.05, 0) is 118 Å². The summed E-state index contributed by atoms with van der Waals surface area (Å²) < 4.78 is 11.3. The summed E-state index contributed by atoms with van der Waals surface area (Å²) in [6.07, 6.45) is 16.0. The number of rotatable bonds is 20. The first-order valence-corrected chi connectivity index (χ1v) is 24.5. The Morgan fingerprint density at radius 3 is 2.22 bits per heavy atom. The Bertz CT molecular complexity index is 2520. The van der Waals surface area contributed by atoms with Crippen LogP contribution in [0.1, 0.15) is 188 Å². The number of methoxy groups -OCH3 is 1. The lowest BCUT2D eigenvalue weighted by Crippen LogP contribution is -2.57. The van der Waals surface area contributed by atoms with Gasteiger partial charge in [0.2, 0.25) is 0 Å². The summed E-state index contributed by atoms with van der Waals surface area (Å²) in [6, 6.07) is 6.33. The minimum absolute atomic E-state index is 0.133. The molecular formula is C55H74N4O6. The molecule has 6 atom stereocenters. The number of H-pyrrole nitrogens is 2. The van der Waals surface area contributed by atoms with Crippen molar-refractivity contribution < 1.29 is 28.8 Å². The number of aromatic nitrogens is 4. The number of hydrogen-bond acceptors (Lipinski definition) is 8. The topological polar surface area (TPSA) is 128 Å². The third-order valence-corrected chi connectivity index (χ3v) is 14.9. The van der Waals surface area contributed by atoms with Crippen molar-refractivity contribution in [2.24, 2.45) is 17.8 Å². The van der Waals surface area contributed by atoms with E-state index >= 15 is 0 Å². The highest BCUT2D eigenvalue weighted by molar-refractivity contribution is 6.04. The van der Waals surface area contributed by atoms with Gasteiger partial charge >= 0.3 is 11.9 Å². The molecule has 8 bridgehead atoms. The van der Waals surface area contributed by atoms with Gasteiger partial charge in [-0.3, -0.25) is 9.78 Å². The molecule has 0 aromatic carbocycles. The Balaban J connectivity index is 1.13. The lowest BCUT2D eigenvalue weighted by atomic mass is 9.82. The van der Waals surface area contributed by atoms with Crippen molar-refractivity contribution in [1.82, 2.24) is 19.9 Å². The maximum atomic E-state index is 14.0. The molecule has 1 fully saturated rings. The highest BCUT2D eigenvalue weighted by atomic mass is 17.3. The molecule has 350 valence electrons. The van der Waals surface area contributed by atoms with Crippen molar-refractivity contribution in [3.63, 3.8) is 0 Å². The van der Waals surface area contributed by atoms with E-state index < -0.39 is 17.7 Å². The van der Waals surface area contributed by atoms with Gasteiger partial charge < -0.3 is 19.4 Å². The highest BCUT2D eigenvalue weighted by Gasteiger charge is 2.70. The van der Waals surface area contributed by atoms with Crippen LogP contribution in [0, 0.1) is 31.6 Å². The first-order chi connectivity index (χ1) is 31.1. The summed E-state index contributed by atoms with van der Waals surface area (Å²) in [4.78, 5) is 57.2. The molecular weight excluding hydrogens is 813 g/mol. The van der Waals surface area contributed by atoms with Gasteiger partial charge in [-0.15, -0.1) is 0 Å². The lowest BCUT2D eigenvalue weighted by Gasteiger charge is -2.40. The van der Waals surface area contributed by atoms with E-state index in [0.29, 0.717) is 23.4 Å². The first kappa shape index (κ1) is 48.1. The van der Waals surface area contributed by atoms with E-state index in [0.717, 1.165) is 92.7 Å². The Hall–Kier alpha value is -4.80. The average Bonchev–Trinajstić information content (AvgIpc) is 3.97. The zero-order valence-corrected chi connectivity index (χ0v) is 41.1. The average molecular weight is 887 g/mol. The summed E-state index contributed by atoms with van der Waals surface area (Å²) in [7, 11) is 1.36. The summed E-state index contributed by atoms with van der Waals surface area (Å²) >= 11 is 0. The van der Waals surface area contributed by atoms with Crippen LogP contribution in [-0.2, 0) is 40.9 Å². The number of carbonyl (C=O) groups excluding carboxylic acids is 2. The summed E-state index contributed by atoms with van der Waals surface area (Å²) in [5.74, 6) is 1.10. The minimum atomic E-state index is -1.58. The van der Waals surface area contributed by atoms with Gasteiger partial charge in [0.1, 0.15) is 6.61 Å². The molecule has 0 saturated carbocycles. The summed E-state index contributed by atoms with van der Waals surface area (Å²) in [5, 5.41) is 0. The molecule has 0 unspecified atom stereocenters. The van der Waals surface area contributed by atoms with Gasteiger partial charge in [-0.1, -0.05) is 105 Å². The van der Waals surface area contributed by atoms with Gasteiger partial charge in [0.05, 0.1) is 24.2 Å². The molecule has 65 heavy (non-hydrogen) atoms. The zero-order valence-electron chi connectivity index (χ0n) is 41.1. The highest BCUT2D eigenvalue weighted by Crippen LogP contribution is 2.60. The third kappa shape index (κ3) is 9.58. The fourth-order valence-electron chi connectivity index (χ4n) is 10.7. The van der Waals surface area contributed by atoms with E-state index in [9.17, 15) is 9.59 Å². The van der Waals surface area contributed by atoms with E-state index in [4.69, 9.17) is 29.2 Å². The maximum absolute atomic E-state index is 14.0. The molecule has 0 amide bonds. The smallest absolute Gasteiger partial charge is 0.349 e. The SMILES string of the molecule is C=Cc1c(C)c2cc3nc(c4c5nc(cc6[nH]c(cc1[nH]2)c(C)c6CC)C(C)=C5[C@@H]1OO[C@]41C(=O)OC)[C@@H](CCC(=O)OC/C=C(\C)CCC[C@H](C)CCC[C@H](C)CCCC(C)C)[C@@H]3C. The third-order valence-electron chi connectivity index (χ3n) is 14.9. The van der Waals surface area contributed by atoms with Crippen LogP contribution in [0.5, 0.6) is 0 Å². The van der Waals surface area contributed by atoms with E-state index in [1.54, 1.807) is 0 Å². The number of esters is 2. The van der Waals surface area contributed by atoms with Crippen LogP contribution in [0.15, 0.2) is 36.4 Å². The van der Waals surface area contributed by atoms with Crippen LogP contribution < -0.4 is 0 Å². The number of aryl methyl sites for hydroxylation is 3. The quantitative estimate of drug-likeness (QED) is 0.0652. The van der Waals surface area contributed by atoms with Crippen LogP contribution in [-0.4, -0.2) is 51.7 Å². The van der Waals surface area contributed by atoms with Crippen LogP contribution in [0.4, 0.5) is 0 Å². The number of nitrogens with one attached hydrogen (secondary N) is 2. The molecule has 0 radical (unpaired) electrons. The standard InChI is InChI=1S/C55H74N4O6/c1-13-39-35(8)42-28-44-37(10)41(24-25-48(60)63-27-26-34(7)23-17-22-33(6)21-16-20-32(5)19-15-18-31(3)4)51(58-44)50-52-49(53-55(50,65-64-53)54(61)62-12)38(11)45(59-52)30-47-40(14-2)36(9)43(57-47)29-46(39)56-42/h13,26,28-33,37,41,53,56-57H,1,14-25,27H2,2-12H3/b34-26+,42-28?,43-29?,44-28?,45-30?,46-29?,47-30?,51-50?/t32-,33-,37+,41+,53+,55-/m1/s1. The molecule has 1 saturated heterocycles. The predicted molar refractivity (Wildman–Crippen MR) is 262 cm³/mol. The molecule has 7 rings (SSSR count). The van der Waals surface area contributed by atoms with Crippen LogP contribution in [0.2, 0.25) is 0 Å². The number of allylic oxidation sites excluding steroid dienone is 2. The van der Waals surface area contributed by atoms with Gasteiger partial charge in [0.15, 0.2) is 6.10 Å². The number of nitrogens with zero attached hydrogens (tertiary/aromatic N) is 2. The molecule has 6 heterocycles. The zero-order chi connectivity index (χ0) is 46.7. The fraction of sp³-hybridized carbons (Fsp3) is 0.564. The van der Waals surface area contributed by atoms with Crippen molar-refractivity contribution in [2.45, 2.75) is 170 Å². The molecule has 10 nitrogen and oxygen atoms in total. The van der Waals surface area contributed by atoms with E-state index in [2.05, 4.69) is 97.1 Å². The monoisotopic (exact) mass is 887 g/mol. The second-order valence-corrected chi connectivity index (χ2v) is 20.0. The fourth-order valence-corrected chi connectivity index (χ4v) is 10.7. The first-order valence-electron chi connectivity index (χ1n) is 24.5. The Kier molecular flexibility index (Phi) is 15.1. The number of aromatic amines is 2. The predicted octanol–water partition coefficient (Wildman–Crippen LogP) is 13.4. The lowest BCUT2D eigenvalue weighted by molar-refractivity contribution is -0.486. The van der Waals surface area contributed by atoms with E-state index in [1.165, 1.54) is 68.8 Å². The molecule has 1 aliphatic carbocycles.